The summed E-state index contributed by atoms with van der Waals surface area (Å²) in [6.07, 6.45) is 3.33. The zero-order valence-electron chi connectivity index (χ0n) is 30.1. The van der Waals surface area contributed by atoms with E-state index in [1.807, 2.05) is 0 Å². The lowest BCUT2D eigenvalue weighted by atomic mass is 9.90. The van der Waals surface area contributed by atoms with Crippen molar-refractivity contribution >= 4 is 23.9 Å². The first-order valence-electron chi connectivity index (χ1n) is 15.1. The van der Waals surface area contributed by atoms with Crippen LogP contribution in [-0.4, -0.2) is 211 Å². The van der Waals surface area contributed by atoms with Crippen LogP contribution >= 0.6 is 0 Å². The molecule has 0 fully saturated rings. The molecule has 0 amide bonds. The summed E-state index contributed by atoms with van der Waals surface area (Å²) in [5.74, 6) is -3.93. The molecule has 0 atom stereocenters. The van der Waals surface area contributed by atoms with Crippen molar-refractivity contribution in [2.45, 2.75) is 0 Å². The van der Waals surface area contributed by atoms with Crippen molar-refractivity contribution in [3.05, 3.63) is 50.6 Å². The number of carboxylic acids is 4. The maximum absolute atomic E-state index is 9.56. The number of ether oxygens (including phenoxy) is 2. The summed E-state index contributed by atoms with van der Waals surface area (Å²) in [5.41, 5.74) is -4.80. The highest BCUT2D eigenvalue weighted by Crippen LogP contribution is 2.23. The summed E-state index contributed by atoms with van der Waals surface area (Å²) < 4.78 is 10.7. The normalized spacial score (nSPS) is 10.6. The number of carboxylic acid groups (broad SMARTS) is 4. The minimum atomic E-state index is -1.24. The van der Waals surface area contributed by atoms with Gasteiger partial charge in [0.1, 0.15) is 0 Å². The van der Waals surface area contributed by atoms with E-state index < -0.39 is 125 Å². The second-order valence-corrected chi connectivity index (χ2v) is 11.1. The molecule has 0 spiro atoms. The van der Waals surface area contributed by atoms with Gasteiger partial charge in [-0.3, -0.25) is 0 Å². The first kappa shape index (κ1) is 62.3. The van der Waals surface area contributed by atoms with Crippen LogP contribution in [0, 0.1) is 21.7 Å². The minimum absolute atomic E-state index is 0.188. The van der Waals surface area contributed by atoms with E-state index >= 15 is 0 Å². The summed E-state index contributed by atoms with van der Waals surface area (Å²) in [6, 6.07) is 0. The van der Waals surface area contributed by atoms with Crippen LogP contribution in [-0.2, 0) is 28.7 Å². The van der Waals surface area contributed by atoms with Crippen molar-refractivity contribution in [2.75, 3.05) is 106 Å². The molecule has 16 N–H and O–H groups in total. The fourth-order valence-electron chi connectivity index (χ4n) is 2.12. The lowest BCUT2D eigenvalue weighted by Gasteiger charge is -2.34. The van der Waals surface area contributed by atoms with Gasteiger partial charge in [0.15, 0.2) is 0 Å². The molecule has 54 heavy (non-hydrogen) atoms. The third kappa shape index (κ3) is 34.1. The van der Waals surface area contributed by atoms with E-state index in [1.54, 1.807) is 0 Å². The monoisotopic (exact) mass is 796 g/mol. The molecule has 0 unspecified atom stereocenters. The highest BCUT2D eigenvalue weighted by Gasteiger charge is 2.35. The Morgan fingerprint density at radius 2 is 0.463 bits per heavy atom. The van der Waals surface area contributed by atoms with Crippen LogP contribution in [0.3, 0.4) is 0 Å². The average Bonchev–Trinajstić information content (AvgIpc) is 3.20. The van der Waals surface area contributed by atoms with Crippen molar-refractivity contribution in [3.63, 3.8) is 0 Å². The van der Waals surface area contributed by atoms with E-state index in [9.17, 15) is 60.0 Å². The number of aliphatic carboxylic acids is 4. The molecule has 0 aliphatic rings. The first-order chi connectivity index (χ1) is 25.2. The number of carbonyl (C=O) groups is 4. The molecule has 0 bridgehead atoms. The molecule has 0 rings (SSSR count). The highest BCUT2D eigenvalue weighted by atomic mass is 16.5. The van der Waals surface area contributed by atoms with E-state index in [0.29, 0.717) is 0 Å². The molecule has 0 aromatic heterocycles. The number of hydrogen-bond donors (Lipinski definition) is 16. The molecule has 22 nitrogen and oxygen atoms in total. The smallest absolute Gasteiger partial charge is 0.327 e. The Labute approximate surface area is 312 Å². The summed E-state index contributed by atoms with van der Waals surface area (Å²) in [4.78, 5) is 37.0. The van der Waals surface area contributed by atoms with E-state index in [2.05, 4.69) is 26.3 Å². The SMILES string of the molecule is C=CC(=O)O.C=CC(=O)O.C=CC(=O)O.C=CC(=O)O.OCC(CO)(CO)CO.OCC(CO)(CO)COCC(CO)(CO)COCC(CO)(CO)CO. The molecule has 22 heteroatoms. The predicted octanol–water partition coefficient (Wildman–Crippen LogP) is -5.11. The second kappa shape index (κ2) is 39.0. The van der Waals surface area contributed by atoms with Gasteiger partial charge in [0, 0.05) is 24.3 Å². The number of hydrogen-bond acceptors (Lipinski definition) is 18. The van der Waals surface area contributed by atoms with Crippen molar-refractivity contribution in [2.24, 2.45) is 21.7 Å². The Hall–Kier alpha value is -3.72. The van der Waals surface area contributed by atoms with Gasteiger partial charge in [-0.25, -0.2) is 19.2 Å². The van der Waals surface area contributed by atoms with Crippen molar-refractivity contribution in [1.82, 2.24) is 0 Å². The minimum Gasteiger partial charge on any atom is -0.478 e. The number of aliphatic hydroxyl groups is 12. The zero-order chi connectivity index (χ0) is 43.9. The third-order valence-corrected chi connectivity index (χ3v) is 6.36. The van der Waals surface area contributed by atoms with Crippen molar-refractivity contribution in [1.29, 1.82) is 0 Å². The fraction of sp³-hybridized carbons (Fsp3) is 0.625. The van der Waals surface area contributed by atoms with Crippen LogP contribution in [0.1, 0.15) is 0 Å². The molecule has 0 aromatic rings. The quantitative estimate of drug-likeness (QED) is 0.0406. The van der Waals surface area contributed by atoms with Gasteiger partial charge in [-0.2, -0.15) is 0 Å². The lowest BCUT2D eigenvalue weighted by molar-refractivity contribution is -0.132. The molecule has 0 saturated heterocycles. The average molecular weight is 797 g/mol. The van der Waals surface area contributed by atoms with E-state index in [4.69, 9.17) is 50.3 Å². The van der Waals surface area contributed by atoms with Gasteiger partial charge >= 0.3 is 23.9 Å². The van der Waals surface area contributed by atoms with Crippen LogP contribution in [0.2, 0.25) is 0 Å². The predicted molar refractivity (Wildman–Crippen MR) is 188 cm³/mol. The van der Waals surface area contributed by atoms with Gasteiger partial charge < -0.3 is 91.2 Å². The Morgan fingerprint density at radius 1 is 0.333 bits per heavy atom. The lowest BCUT2D eigenvalue weighted by Crippen LogP contribution is -2.45. The molecule has 0 aliphatic carbocycles. The van der Waals surface area contributed by atoms with Crippen LogP contribution < -0.4 is 0 Å². The van der Waals surface area contributed by atoms with Crippen LogP contribution in [0.4, 0.5) is 0 Å². The second-order valence-electron chi connectivity index (χ2n) is 11.1. The van der Waals surface area contributed by atoms with Gasteiger partial charge in [0.05, 0.1) is 127 Å². The largest absolute Gasteiger partial charge is 0.478 e. The molecule has 0 heterocycles. The van der Waals surface area contributed by atoms with Gasteiger partial charge in [0.2, 0.25) is 0 Å². The maximum Gasteiger partial charge on any atom is 0.327 e. The summed E-state index contributed by atoms with van der Waals surface area (Å²) in [7, 11) is 0. The zero-order valence-corrected chi connectivity index (χ0v) is 30.1. The standard InChI is InChI=1S/C15H32O10.C5H12O4.4C3H4O2/c16-1-13(2-17,3-18)9-24-11-15(7-22,8-23)12-25-10-14(4-19,5-20)6-21;6-1-5(2-7,3-8)4-9;4*1-2-3(4)5/h16-23H,1-12H2;6-9H,1-4H2;4*2H,1H2,(H,4,5). The van der Waals surface area contributed by atoms with Gasteiger partial charge in [0.25, 0.3) is 0 Å². The van der Waals surface area contributed by atoms with Crippen LogP contribution in [0.5, 0.6) is 0 Å². The Bertz CT molecular complexity index is 851. The number of aliphatic hydroxyl groups excluding tert-OH is 12. The van der Waals surface area contributed by atoms with E-state index in [-0.39, 0.29) is 26.4 Å². The third-order valence-electron chi connectivity index (χ3n) is 6.36. The molecule has 0 radical (unpaired) electrons. The Balaban J connectivity index is -0.000000160. The molecule has 320 valence electrons. The van der Waals surface area contributed by atoms with Gasteiger partial charge in [-0.15, -0.1) is 0 Å². The maximum atomic E-state index is 9.56. The van der Waals surface area contributed by atoms with Crippen LogP contribution in [0.25, 0.3) is 0 Å². The van der Waals surface area contributed by atoms with Crippen molar-refractivity contribution < 1.29 is 110 Å². The summed E-state index contributed by atoms with van der Waals surface area (Å²) in [5, 5.41) is 139. The fourth-order valence-corrected chi connectivity index (χ4v) is 2.12. The molecular weight excluding hydrogens is 736 g/mol. The van der Waals surface area contributed by atoms with E-state index in [1.165, 1.54) is 0 Å². The molecule has 0 saturated carbocycles. The Morgan fingerprint density at radius 3 is 0.556 bits per heavy atom. The molecule has 0 aliphatic heterocycles. The molecule has 0 aromatic carbocycles. The summed E-state index contributed by atoms with van der Waals surface area (Å²) in [6.45, 7) is 5.40. The van der Waals surface area contributed by atoms with Crippen LogP contribution in [0.15, 0.2) is 50.6 Å². The van der Waals surface area contributed by atoms with Gasteiger partial charge in [-0.1, -0.05) is 26.3 Å². The van der Waals surface area contributed by atoms with Crippen molar-refractivity contribution in [3.8, 4) is 0 Å². The summed E-state index contributed by atoms with van der Waals surface area (Å²) >= 11 is 0. The first-order valence-corrected chi connectivity index (χ1v) is 15.1. The topological polar surface area (TPSA) is 410 Å². The highest BCUT2D eigenvalue weighted by molar-refractivity contribution is 5.79. The number of rotatable bonds is 24. The molecular formula is C32H60O22. The van der Waals surface area contributed by atoms with E-state index in [0.717, 1.165) is 24.3 Å². The van der Waals surface area contributed by atoms with Gasteiger partial charge in [-0.05, 0) is 0 Å². The Kier molecular flexibility index (Phi) is 45.0.